The summed E-state index contributed by atoms with van der Waals surface area (Å²) in [5.41, 5.74) is 0. The van der Waals surface area contributed by atoms with E-state index < -0.39 is 0 Å². The van der Waals surface area contributed by atoms with Gasteiger partial charge in [-0.05, 0) is 31.1 Å². The van der Waals surface area contributed by atoms with Gasteiger partial charge in [-0.1, -0.05) is 6.92 Å². The Kier molecular flexibility index (Phi) is 1.33. The molecule has 2 aliphatic rings. The average molecular weight is 138 g/mol. The number of rotatable bonds is 1. The Labute approximate surface area is 61.8 Å². The van der Waals surface area contributed by atoms with Gasteiger partial charge in [-0.2, -0.15) is 0 Å². The fourth-order valence-corrected chi connectivity index (χ4v) is 2.19. The molecule has 0 radical (unpaired) electrons. The van der Waals surface area contributed by atoms with Gasteiger partial charge in [0.05, 0.1) is 0 Å². The third-order valence-electron chi connectivity index (χ3n) is 3.10. The summed E-state index contributed by atoms with van der Waals surface area (Å²) >= 11 is 0. The highest BCUT2D eigenvalue weighted by Gasteiger charge is 2.40. The van der Waals surface area contributed by atoms with Crippen molar-refractivity contribution in [3.63, 3.8) is 0 Å². The van der Waals surface area contributed by atoms with Gasteiger partial charge in [0.25, 0.3) is 0 Å². The van der Waals surface area contributed by atoms with Gasteiger partial charge in [0, 0.05) is 12.3 Å². The van der Waals surface area contributed by atoms with Gasteiger partial charge in [-0.15, -0.1) is 0 Å². The predicted molar refractivity (Wildman–Crippen MR) is 39.6 cm³/mol. The molecular formula is C9H14O. The Morgan fingerprint density at radius 1 is 1.30 bits per heavy atom. The van der Waals surface area contributed by atoms with Crippen LogP contribution in [0.25, 0.3) is 0 Å². The fourth-order valence-electron chi connectivity index (χ4n) is 2.19. The second-order valence-corrected chi connectivity index (χ2v) is 3.79. The molecule has 0 saturated heterocycles. The zero-order chi connectivity index (χ0) is 7.14. The topological polar surface area (TPSA) is 17.1 Å². The quantitative estimate of drug-likeness (QED) is 0.541. The number of ketones is 1. The molecular weight excluding hydrogens is 124 g/mol. The van der Waals surface area contributed by atoms with Crippen LogP contribution in [0.1, 0.15) is 32.6 Å². The van der Waals surface area contributed by atoms with Crippen LogP contribution in [-0.2, 0) is 4.79 Å². The van der Waals surface area contributed by atoms with Crippen LogP contribution in [0.3, 0.4) is 0 Å². The molecule has 2 fully saturated rings. The highest BCUT2D eigenvalue weighted by Crippen LogP contribution is 2.46. The standard InChI is InChI=1S/C9H14O/c1-6-8(7-2-3-7)4-5-9(6)10/h6-8H,2-5H2,1H3. The van der Waals surface area contributed by atoms with E-state index in [1.165, 1.54) is 19.3 Å². The largest absolute Gasteiger partial charge is 0.299 e. The molecule has 0 aromatic carbocycles. The maximum Gasteiger partial charge on any atom is 0.135 e. The summed E-state index contributed by atoms with van der Waals surface area (Å²) in [7, 11) is 0. The molecule has 0 bridgehead atoms. The van der Waals surface area contributed by atoms with Gasteiger partial charge in [-0.3, -0.25) is 4.79 Å². The lowest BCUT2D eigenvalue weighted by atomic mass is 9.93. The molecule has 0 aromatic rings. The summed E-state index contributed by atoms with van der Waals surface area (Å²) in [4.78, 5) is 11.1. The van der Waals surface area contributed by atoms with Gasteiger partial charge in [0.15, 0.2) is 0 Å². The molecule has 1 heteroatoms. The van der Waals surface area contributed by atoms with Crippen molar-refractivity contribution in [2.45, 2.75) is 32.6 Å². The highest BCUT2D eigenvalue weighted by molar-refractivity contribution is 5.83. The van der Waals surface area contributed by atoms with E-state index in [2.05, 4.69) is 6.92 Å². The number of Topliss-reactive ketones (excluding diaryl/α,β-unsaturated/α-hetero) is 1. The van der Waals surface area contributed by atoms with Gasteiger partial charge in [0.1, 0.15) is 5.78 Å². The molecule has 1 nitrogen and oxygen atoms in total. The van der Waals surface area contributed by atoms with Gasteiger partial charge >= 0.3 is 0 Å². The van der Waals surface area contributed by atoms with Crippen molar-refractivity contribution in [2.24, 2.45) is 17.8 Å². The van der Waals surface area contributed by atoms with Gasteiger partial charge < -0.3 is 0 Å². The van der Waals surface area contributed by atoms with Crippen molar-refractivity contribution in [3.05, 3.63) is 0 Å². The van der Waals surface area contributed by atoms with E-state index in [0.29, 0.717) is 11.7 Å². The smallest absolute Gasteiger partial charge is 0.135 e. The third kappa shape index (κ3) is 0.882. The molecule has 0 spiro atoms. The molecule has 56 valence electrons. The molecule has 0 aromatic heterocycles. The monoisotopic (exact) mass is 138 g/mol. The molecule has 2 aliphatic carbocycles. The zero-order valence-corrected chi connectivity index (χ0v) is 6.47. The van der Waals surface area contributed by atoms with E-state index in [-0.39, 0.29) is 0 Å². The summed E-state index contributed by atoms with van der Waals surface area (Å²) < 4.78 is 0. The minimum Gasteiger partial charge on any atom is -0.299 e. The molecule has 0 amide bonds. The molecule has 10 heavy (non-hydrogen) atoms. The van der Waals surface area contributed by atoms with E-state index in [0.717, 1.165) is 18.3 Å². The molecule has 2 rings (SSSR count). The minimum absolute atomic E-state index is 0.396. The molecule has 0 heterocycles. The first-order chi connectivity index (χ1) is 4.79. The van der Waals surface area contributed by atoms with Gasteiger partial charge in [0.2, 0.25) is 0 Å². The number of hydrogen-bond acceptors (Lipinski definition) is 1. The molecule has 2 unspecified atom stereocenters. The lowest BCUT2D eigenvalue weighted by molar-refractivity contribution is -0.120. The first-order valence-electron chi connectivity index (χ1n) is 4.32. The maximum absolute atomic E-state index is 11.1. The second kappa shape index (κ2) is 2.08. The number of carbonyl (C=O) groups is 1. The number of hydrogen-bond donors (Lipinski definition) is 0. The van der Waals surface area contributed by atoms with Crippen molar-refractivity contribution >= 4 is 5.78 Å². The summed E-state index contributed by atoms with van der Waals surface area (Å²) in [6.07, 6.45) is 4.83. The van der Waals surface area contributed by atoms with Crippen LogP contribution in [0.2, 0.25) is 0 Å². The van der Waals surface area contributed by atoms with E-state index >= 15 is 0 Å². The summed E-state index contributed by atoms with van der Waals surface area (Å²) in [5.74, 6) is 2.61. The maximum atomic E-state index is 11.1. The Balaban J connectivity index is 2.03. The molecule has 0 aliphatic heterocycles. The van der Waals surface area contributed by atoms with Gasteiger partial charge in [-0.25, -0.2) is 0 Å². The first kappa shape index (κ1) is 6.38. The Morgan fingerprint density at radius 2 is 2.00 bits per heavy atom. The third-order valence-corrected chi connectivity index (χ3v) is 3.10. The fraction of sp³-hybridized carbons (Fsp3) is 0.889. The lowest BCUT2D eigenvalue weighted by Gasteiger charge is -2.11. The Bertz CT molecular complexity index is 158. The lowest BCUT2D eigenvalue weighted by Crippen LogP contribution is -2.11. The van der Waals surface area contributed by atoms with Crippen molar-refractivity contribution in [2.75, 3.05) is 0 Å². The van der Waals surface area contributed by atoms with Crippen LogP contribution in [-0.4, -0.2) is 5.78 Å². The van der Waals surface area contributed by atoms with E-state index in [9.17, 15) is 4.79 Å². The molecule has 2 saturated carbocycles. The SMILES string of the molecule is CC1C(=O)CCC1C1CC1. The van der Waals surface area contributed by atoms with E-state index in [1.54, 1.807) is 0 Å². The minimum atomic E-state index is 0.396. The van der Waals surface area contributed by atoms with Crippen LogP contribution in [0.4, 0.5) is 0 Å². The second-order valence-electron chi connectivity index (χ2n) is 3.79. The predicted octanol–water partition coefficient (Wildman–Crippen LogP) is 2.01. The van der Waals surface area contributed by atoms with Crippen LogP contribution >= 0.6 is 0 Å². The van der Waals surface area contributed by atoms with Crippen LogP contribution in [0, 0.1) is 17.8 Å². The van der Waals surface area contributed by atoms with Crippen molar-refractivity contribution in [1.82, 2.24) is 0 Å². The summed E-state index contributed by atoms with van der Waals surface area (Å²) in [6, 6.07) is 0. The Hall–Kier alpha value is -0.330. The summed E-state index contributed by atoms with van der Waals surface area (Å²) in [6.45, 7) is 2.11. The highest BCUT2D eigenvalue weighted by atomic mass is 16.1. The Morgan fingerprint density at radius 3 is 2.40 bits per heavy atom. The normalized spacial score (nSPS) is 40.7. The average Bonchev–Trinajstić information content (AvgIpc) is 2.67. The zero-order valence-electron chi connectivity index (χ0n) is 6.47. The van der Waals surface area contributed by atoms with Crippen molar-refractivity contribution in [3.8, 4) is 0 Å². The molecule has 2 atom stereocenters. The first-order valence-corrected chi connectivity index (χ1v) is 4.32. The van der Waals surface area contributed by atoms with Crippen LogP contribution in [0.15, 0.2) is 0 Å². The van der Waals surface area contributed by atoms with E-state index in [4.69, 9.17) is 0 Å². The van der Waals surface area contributed by atoms with Crippen LogP contribution < -0.4 is 0 Å². The van der Waals surface area contributed by atoms with Crippen molar-refractivity contribution < 1.29 is 4.79 Å². The van der Waals surface area contributed by atoms with Crippen LogP contribution in [0.5, 0.6) is 0 Å². The summed E-state index contributed by atoms with van der Waals surface area (Å²) in [5, 5.41) is 0. The molecule has 0 N–H and O–H groups in total. The van der Waals surface area contributed by atoms with Crippen molar-refractivity contribution in [1.29, 1.82) is 0 Å². The number of carbonyl (C=O) groups excluding carboxylic acids is 1. The van der Waals surface area contributed by atoms with E-state index in [1.807, 2.05) is 0 Å².